The van der Waals surface area contributed by atoms with Crippen molar-refractivity contribution < 1.29 is 14.2 Å². The van der Waals surface area contributed by atoms with Gasteiger partial charge in [-0.15, -0.1) is 24.0 Å². The third-order valence-corrected chi connectivity index (χ3v) is 3.99. The molecule has 2 N–H and O–H groups in total. The number of rotatable bonds is 12. The highest BCUT2D eigenvalue weighted by atomic mass is 127. The van der Waals surface area contributed by atoms with Crippen LogP contribution in [0.4, 0.5) is 0 Å². The molecule has 0 spiro atoms. The van der Waals surface area contributed by atoms with Crippen molar-refractivity contribution in [3.8, 4) is 17.4 Å². The molecule has 1 aromatic heterocycles. The lowest BCUT2D eigenvalue weighted by Crippen LogP contribution is -2.37. The molecule has 0 radical (unpaired) electrons. The van der Waals surface area contributed by atoms with Crippen LogP contribution in [-0.4, -0.2) is 44.4 Å². The molecular weight excluding hydrogens is 495 g/mol. The normalized spacial score (nSPS) is 10.8. The van der Waals surface area contributed by atoms with Crippen molar-refractivity contribution in [3.63, 3.8) is 0 Å². The van der Waals surface area contributed by atoms with E-state index >= 15 is 0 Å². The van der Waals surface area contributed by atoms with Gasteiger partial charge in [-0.3, -0.25) is 4.99 Å². The van der Waals surface area contributed by atoms with Crippen molar-refractivity contribution in [1.29, 1.82) is 0 Å². The van der Waals surface area contributed by atoms with Gasteiger partial charge in [-0.05, 0) is 50.1 Å². The van der Waals surface area contributed by atoms with Crippen LogP contribution < -0.4 is 20.1 Å². The van der Waals surface area contributed by atoms with Crippen molar-refractivity contribution >= 4 is 29.9 Å². The van der Waals surface area contributed by atoms with Crippen LogP contribution in [0.2, 0.25) is 0 Å². The van der Waals surface area contributed by atoms with Gasteiger partial charge < -0.3 is 24.8 Å². The lowest BCUT2D eigenvalue weighted by molar-refractivity contribution is 0.145. The Hall–Kier alpha value is -2.07. The van der Waals surface area contributed by atoms with E-state index in [1.165, 1.54) is 0 Å². The van der Waals surface area contributed by atoms with Crippen molar-refractivity contribution in [1.82, 2.24) is 15.6 Å². The van der Waals surface area contributed by atoms with E-state index in [-0.39, 0.29) is 24.0 Å². The summed E-state index contributed by atoms with van der Waals surface area (Å²) in [5.74, 6) is 2.84. The van der Waals surface area contributed by atoms with Crippen LogP contribution in [0, 0.1) is 0 Å². The summed E-state index contributed by atoms with van der Waals surface area (Å²) in [4.78, 5) is 8.62. The molecule has 2 rings (SSSR count). The van der Waals surface area contributed by atoms with Gasteiger partial charge in [0.25, 0.3) is 0 Å². The van der Waals surface area contributed by atoms with Gasteiger partial charge >= 0.3 is 0 Å². The minimum atomic E-state index is 0. The zero-order chi connectivity index (χ0) is 20.7. The van der Waals surface area contributed by atoms with Crippen LogP contribution in [0.1, 0.15) is 32.3 Å². The molecule has 1 heterocycles. The molecule has 30 heavy (non-hydrogen) atoms. The third-order valence-electron chi connectivity index (χ3n) is 3.99. The van der Waals surface area contributed by atoms with E-state index in [1.807, 2.05) is 43.3 Å². The molecule has 0 aliphatic heterocycles. The first-order chi connectivity index (χ1) is 14.3. The molecule has 0 atom stereocenters. The molecule has 2 aromatic rings. The zero-order valence-corrected chi connectivity index (χ0v) is 20.3. The summed E-state index contributed by atoms with van der Waals surface area (Å²) in [6.45, 7) is 7.61. The number of ether oxygens (including phenoxy) is 3. The zero-order valence-electron chi connectivity index (χ0n) is 18.0. The highest BCUT2D eigenvalue weighted by Gasteiger charge is 2.08. The topological polar surface area (TPSA) is 77.0 Å². The number of guanidine groups is 1. The van der Waals surface area contributed by atoms with Crippen LogP contribution in [0.15, 0.2) is 47.6 Å². The number of hydrogen-bond donors (Lipinski definition) is 2. The third kappa shape index (κ3) is 9.62. The highest BCUT2D eigenvalue weighted by molar-refractivity contribution is 14.0. The number of aliphatic imine (C=N–C) groups is 1. The van der Waals surface area contributed by atoms with Crippen LogP contribution in [0.5, 0.6) is 17.4 Å². The Morgan fingerprint density at radius 2 is 1.80 bits per heavy atom. The van der Waals surface area contributed by atoms with Crippen molar-refractivity contribution in [2.75, 3.05) is 33.4 Å². The second kappa shape index (κ2) is 15.7. The van der Waals surface area contributed by atoms with E-state index in [0.717, 1.165) is 49.9 Å². The molecule has 0 amide bonds. The molecule has 0 aliphatic rings. The van der Waals surface area contributed by atoms with Crippen LogP contribution >= 0.6 is 24.0 Å². The lowest BCUT2D eigenvalue weighted by Gasteiger charge is -2.14. The molecular formula is C22H33IN4O3. The summed E-state index contributed by atoms with van der Waals surface area (Å²) in [6.07, 6.45) is 3.62. The number of hydrogen-bond acceptors (Lipinski definition) is 5. The highest BCUT2D eigenvalue weighted by Crippen LogP contribution is 2.25. The largest absolute Gasteiger partial charge is 0.494 e. The summed E-state index contributed by atoms with van der Waals surface area (Å²) in [5, 5.41) is 6.57. The summed E-state index contributed by atoms with van der Waals surface area (Å²) in [5.41, 5.74) is 0.941. The smallest absolute Gasteiger partial charge is 0.224 e. The maximum Gasteiger partial charge on any atom is 0.224 e. The molecule has 0 aliphatic carbocycles. The number of halogens is 1. The monoisotopic (exact) mass is 528 g/mol. The van der Waals surface area contributed by atoms with E-state index in [0.29, 0.717) is 24.8 Å². The van der Waals surface area contributed by atoms with E-state index in [2.05, 4.69) is 27.5 Å². The van der Waals surface area contributed by atoms with Crippen LogP contribution in [0.25, 0.3) is 0 Å². The summed E-state index contributed by atoms with van der Waals surface area (Å²) in [6, 6.07) is 11.4. The summed E-state index contributed by atoms with van der Waals surface area (Å²) < 4.78 is 16.9. The Morgan fingerprint density at radius 3 is 2.50 bits per heavy atom. The number of aromatic nitrogens is 1. The minimum Gasteiger partial charge on any atom is -0.494 e. The van der Waals surface area contributed by atoms with Gasteiger partial charge in [0.05, 0.1) is 6.61 Å². The quantitative estimate of drug-likeness (QED) is 0.185. The molecule has 8 heteroatoms. The number of benzene rings is 1. The summed E-state index contributed by atoms with van der Waals surface area (Å²) >= 11 is 0. The van der Waals surface area contributed by atoms with Gasteiger partial charge in [0.15, 0.2) is 5.96 Å². The molecule has 166 valence electrons. The predicted octanol–water partition coefficient (Wildman–Crippen LogP) is 4.37. The number of nitrogens with one attached hydrogen (secondary N) is 2. The standard InChI is InChI=1S/C22H32N4O3.HI/c1-4-15-28-19-9-11-20(12-10-19)29-21-18(8-6-13-24-21)17-26-22(23-3)25-14-7-16-27-5-2;/h6,8-13H,4-5,7,14-17H2,1-3H3,(H2,23,25,26);1H. The fraction of sp³-hybridized carbons (Fsp3) is 0.455. The predicted molar refractivity (Wildman–Crippen MR) is 131 cm³/mol. The minimum absolute atomic E-state index is 0. The van der Waals surface area contributed by atoms with Gasteiger partial charge in [0.1, 0.15) is 11.5 Å². The SMILES string of the molecule is CCCOc1ccc(Oc2ncccc2CNC(=NC)NCCCOCC)cc1.I. The Labute approximate surface area is 196 Å². The molecule has 0 bridgehead atoms. The van der Waals surface area contributed by atoms with Crippen LogP contribution in [0.3, 0.4) is 0 Å². The first kappa shape index (κ1) is 26.0. The Bertz CT molecular complexity index is 741. The second-order valence-corrected chi connectivity index (χ2v) is 6.29. The Balaban J connectivity index is 0.00000450. The van der Waals surface area contributed by atoms with Gasteiger partial charge in [0.2, 0.25) is 5.88 Å². The van der Waals surface area contributed by atoms with E-state index in [1.54, 1.807) is 13.2 Å². The van der Waals surface area contributed by atoms with Crippen molar-refractivity contribution in [2.45, 2.75) is 33.2 Å². The van der Waals surface area contributed by atoms with Crippen molar-refractivity contribution in [2.24, 2.45) is 4.99 Å². The Morgan fingerprint density at radius 1 is 1.03 bits per heavy atom. The first-order valence-corrected chi connectivity index (χ1v) is 10.1. The van der Waals surface area contributed by atoms with Gasteiger partial charge in [-0.2, -0.15) is 0 Å². The maximum atomic E-state index is 5.98. The maximum absolute atomic E-state index is 5.98. The lowest BCUT2D eigenvalue weighted by atomic mass is 10.2. The molecule has 1 aromatic carbocycles. The van der Waals surface area contributed by atoms with E-state index in [9.17, 15) is 0 Å². The molecule has 0 saturated carbocycles. The molecule has 7 nitrogen and oxygen atoms in total. The van der Waals surface area contributed by atoms with Gasteiger partial charge in [0, 0.05) is 45.1 Å². The van der Waals surface area contributed by atoms with Crippen molar-refractivity contribution in [3.05, 3.63) is 48.2 Å². The fourth-order valence-electron chi connectivity index (χ4n) is 2.51. The number of pyridine rings is 1. The molecule has 0 saturated heterocycles. The number of nitrogens with zero attached hydrogens (tertiary/aromatic N) is 2. The van der Waals surface area contributed by atoms with Crippen LogP contribution in [-0.2, 0) is 11.3 Å². The van der Waals surface area contributed by atoms with E-state index in [4.69, 9.17) is 14.2 Å². The molecule has 0 fully saturated rings. The average molecular weight is 528 g/mol. The van der Waals surface area contributed by atoms with Gasteiger partial charge in [-0.1, -0.05) is 13.0 Å². The van der Waals surface area contributed by atoms with Gasteiger partial charge in [-0.25, -0.2) is 4.98 Å². The first-order valence-electron chi connectivity index (χ1n) is 10.1. The average Bonchev–Trinajstić information content (AvgIpc) is 2.76. The second-order valence-electron chi connectivity index (χ2n) is 6.29. The van der Waals surface area contributed by atoms with E-state index < -0.39 is 0 Å². The fourth-order valence-corrected chi connectivity index (χ4v) is 2.51. The Kier molecular flexibility index (Phi) is 13.6. The molecule has 0 unspecified atom stereocenters. The summed E-state index contributed by atoms with van der Waals surface area (Å²) in [7, 11) is 1.75.